The summed E-state index contributed by atoms with van der Waals surface area (Å²) in [5.41, 5.74) is 2.03. The summed E-state index contributed by atoms with van der Waals surface area (Å²) in [6.45, 7) is 2.00. The lowest BCUT2D eigenvalue weighted by atomic mass is 9.83. The third kappa shape index (κ3) is 1.64. The molecule has 2 aliphatic rings. The summed E-state index contributed by atoms with van der Waals surface area (Å²) in [6.07, 6.45) is 7.09. The maximum Gasteiger partial charge on any atom is 0.0858 e. The van der Waals surface area contributed by atoms with E-state index in [0.717, 1.165) is 24.0 Å². The van der Waals surface area contributed by atoms with Crippen molar-refractivity contribution < 1.29 is 9.84 Å². The molecular weight excluding hydrogens is 202 g/mol. The lowest BCUT2D eigenvalue weighted by Gasteiger charge is -2.24. The van der Waals surface area contributed by atoms with Gasteiger partial charge >= 0.3 is 0 Å². The number of ether oxygens (including phenoxy) is 1. The van der Waals surface area contributed by atoms with Gasteiger partial charge in [-0.2, -0.15) is 0 Å². The van der Waals surface area contributed by atoms with Gasteiger partial charge in [0.25, 0.3) is 0 Å². The van der Waals surface area contributed by atoms with E-state index in [4.69, 9.17) is 4.74 Å². The number of aliphatic hydroxyl groups excluding tert-OH is 1. The molecule has 4 unspecified atom stereocenters. The molecule has 2 fully saturated rings. The Morgan fingerprint density at radius 1 is 1.44 bits per heavy atom. The molecule has 2 saturated heterocycles. The Morgan fingerprint density at radius 3 is 2.94 bits per heavy atom. The van der Waals surface area contributed by atoms with Gasteiger partial charge in [0.2, 0.25) is 0 Å². The number of aromatic nitrogens is 1. The lowest BCUT2D eigenvalue weighted by Crippen LogP contribution is -2.23. The number of aryl methyl sites for hydroxylation is 1. The summed E-state index contributed by atoms with van der Waals surface area (Å²) >= 11 is 0. The van der Waals surface area contributed by atoms with Crippen LogP contribution in [0.4, 0.5) is 0 Å². The van der Waals surface area contributed by atoms with Crippen LogP contribution in [-0.2, 0) is 4.74 Å². The fraction of sp³-hybridized carbons (Fsp3) is 0.615. The van der Waals surface area contributed by atoms with Gasteiger partial charge in [0, 0.05) is 18.3 Å². The van der Waals surface area contributed by atoms with Crippen LogP contribution in [0.25, 0.3) is 0 Å². The van der Waals surface area contributed by atoms with E-state index in [1.54, 1.807) is 6.20 Å². The molecule has 1 aromatic heterocycles. The Bertz CT molecular complexity index is 393. The van der Waals surface area contributed by atoms with E-state index in [0.29, 0.717) is 6.10 Å². The number of hydrogen-bond acceptors (Lipinski definition) is 3. The normalized spacial score (nSPS) is 34.2. The monoisotopic (exact) mass is 219 g/mol. The van der Waals surface area contributed by atoms with Gasteiger partial charge in [-0.1, -0.05) is 6.07 Å². The summed E-state index contributed by atoms with van der Waals surface area (Å²) in [5, 5.41) is 10.3. The minimum Gasteiger partial charge on any atom is -0.388 e. The van der Waals surface area contributed by atoms with E-state index < -0.39 is 6.10 Å². The standard InChI is InChI=1S/C13H17NO2/c1-8-4-9(7-14-6-8)13(15)11-5-10-2-3-12(11)16-10/h4,6-7,10-13,15H,2-3,5H2,1H3. The smallest absolute Gasteiger partial charge is 0.0858 e. The van der Waals surface area contributed by atoms with Crippen LogP contribution in [0.15, 0.2) is 18.5 Å². The van der Waals surface area contributed by atoms with E-state index in [1.807, 2.05) is 19.2 Å². The van der Waals surface area contributed by atoms with Crippen LogP contribution in [-0.4, -0.2) is 22.3 Å². The van der Waals surface area contributed by atoms with Crippen molar-refractivity contribution in [1.29, 1.82) is 0 Å². The number of aliphatic hydroxyl groups is 1. The Hall–Kier alpha value is -0.930. The van der Waals surface area contributed by atoms with Gasteiger partial charge in [-0.25, -0.2) is 0 Å². The molecular formula is C13H17NO2. The van der Waals surface area contributed by atoms with Gasteiger partial charge < -0.3 is 9.84 Å². The minimum atomic E-state index is -0.414. The summed E-state index contributed by atoms with van der Waals surface area (Å²) in [7, 11) is 0. The van der Waals surface area contributed by atoms with E-state index >= 15 is 0 Å². The molecule has 3 heteroatoms. The van der Waals surface area contributed by atoms with Crippen LogP contribution in [0.5, 0.6) is 0 Å². The van der Waals surface area contributed by atoms with Gasteiger partial charge in [0.15, 0.2) is 0 Å². The Balaban J connectivity index is 1.80. The second kappa shape index (κ2) is 3.82. The van der Waals surface area contributed by atoms with Crippen molar-refractivity contribution in [2.45, 2.75) is 44.5 Å². The van der Waals surface area contributed by atoms with E-state index in [1.165, 1.54) is 6.42 Å². The van der Waals surface area contributed by atoms with Crippen molar-refractivity contribution in [3.63, 3.8) is 0 Å². The molecule has 3 rings (SSSR count). The number of nitrogens with zero attached hydrogens (tertiary/aromatic N) is 1. The van der Waals surface area contributed by atoms with Crippen LogP contribution in [0, 0.1) is 12.8 Å². The molecule has 0 radical (unpaired) electrons. The number of pyridine rings is 1. The zero-order valence-electron chi connectivity index (χ0n) is 9.47. The van der Waals surface area contributed by atoms with Crippen molar-refractivity contribution in [1.82, 2.24) is 4.98 Å². The summed E-state index contributed by atoms with van der Waals surface area (Å²) in [4.78, 5) is 4.14. The molecule has 16 heavy (non-hydrogen) atoms. The molecule has 3 nitrogen and oxygen atoms in total. The lowest BCUT2D eigenvalue weighted by molar-refractivity contribution is 0.0421. The average Bonchev–Trinajstić information content (AvgIpc) is 2.89. The third-order valence-electron chi connectivity index (χ3n) is 3.80. The zero-order valence-corrected chi connectivity index (χ0v) is 9.47. The maximum atomic E-state index is 10.3. The Kier molecular flexibility index (Phi) is 2.45. The summed E-state index contributed by atoms with van der Waals surface area (Å²) in [6, 6.07) is 2.02. The summed E-state index contributed by atoms with van der Waals surface area (Å²) in [5.74, 6) is 0.266. The quantitative estimate of drug-likeness (QED) is 0.827. The minimum absolute atomic E-state index is 0.264. The van der Waals surface area contributed by atoms with Crippen molar-refractivity contribution >= 4 is 0 Å². The van der Waals surface area contributed by atoms with Gasteiger partial charge in [0.05, 0.1) is 18.3 Å². The highest BCUT2D eigenvalue weighted by Gasteiger charge is 2.44. The molecule has 2 bridgehead atoms. The van der Waals surface area contributed by atoms with Gasteiger partial charge in [-0.05, 0) is 37.3 Å². The topological polar surface area (TPSA) is 42.4 Å². The van der Waals surface area contributed by atoms with Crippen molar-refractivity contribution in [3.8, 4) is 0 Å². The molecule has 86 valence electrons. The van der Waals surface area contributed by atoms with Gasteiger partial charge in [-0.15, -0.1) is 0 Å². The fourth-order valence-corrected chi connectivity index (χ4v) is 3.00. The van der Waals surface area contributed by atoms with Crippen LogP contribution < -0.4 is 0 Å². The van der Waals surface area contributed by atoms with Crippen LogP contribution in [0.1, 0.15) is 36.5 Å². The fourth-order valence-electron chi connectivity index (χ4n) is 3.00. The largest absolute Gasteiger partial charge is 0.388 e. The molecule has 4 atom stereocenters. The molecule has 1 N–H and O–H groups in total. The molecule has 0 spiro atoms. The number of hydrogen-bond donors (Lipinski definition) is 1. The average molecular weight is 219 g/mol. The molecule has 0 saturated carbocycles. The first-order valence-electron chi connectivity index (χ1n) is 5.99. The maximum absolute atomic E-state index is 10.3. The molecule has 3 heterocycles. The Labute approximate surface area is 95.5 Å². The highest BCUT2D eigenvalue weighted by atomic mass is 16.5. The third-order valence-corrected chi connectivity index (χ3v) is 3.80. The summed E-state index contributed by atoms with van der Waals surface area (Å²) < 4.78 is 5.78. The van der Waals surface area contributed by atoms with E-state index in [2.05, 4.69) is 4.98 Å². The van der Waals surface area contributed by atoms with Gasteiger partial charge in [-0.3, -0.25) is 4.98 Å². The molecule has 0 amide bonds. The predicted molar refractivity (Wildman–Crippen MR) is 59.9 cm³/mol. The Morgan fingerprint density at radius 2 is 2.31 bits per heavy atom. The van der Waals surface area contributed by atoms with E-state index in [9.17, 15) is 5.11 Å². The first-order valence-corrected chi connectivity index (χ1v) is 5.99. The van der Waals surface area contributed by atoms with Crippen molar-refractivity contribution in [2.24, 2.45) is 5.92 Å². The SMILES string of the molecule is Cc1cncc(C(O)C2CC3CCC2O3)c1. The molecule has 2 aliphatic heterocycles. The predicted octanol–water partition coefficient (Wildman–Crippen LogP) is 1.99. The molecule has 1 aromatic rings. The first-order chi connectivity index (χ1) is 7.74. The second-order valence-corrected chi connectivity index (χ2v) is 5.01. The molecule has 0 aliphatic carbocycles. The van der Waals surface area contributed by atoms with E-state index in [-0.39, 0.29) is 12.0 Å². The van der Waals surface area contributed by atoms with Gasteiger partial charge in [0.1, 0.15) is 0 Å². The van der Waals surface area contributed by atoms with Crippen molar-refractivity contribution in [2.75, 3.05) is 0 Å². The highest BCUT2D eigenvalue weighted by Crippen LogP contribution is 2.44. The zero-order chi connectivity index (χ0) is 11.1. The second-order valence-electron chi connectivity index (χ2n) is 5.01. The van der Waals surface area contributed by atoms with Crippen molar-refractivity contribution in [3.05, 3.63) is 29.6 Å². The van der Waals surface area contributed by atoms with Crippen LogP contribution in [0.2, 0.25) is 0 Å². The first kappa shape index (κ1) is 10.2. The van der Waals surface area contributed by atoms with Crippen LogP contribution in [0.3, 0.4) is 0 Å². The number of rotatable bonds is 2. The molecule has 0 aromatic carbocycles. The number of fused-ring (bicyclic) bond motifs is 2. The van der Waals surface area contributed by atoms with Crippen LogP contribution >= 0.6 is 0 Å². The highest BCUT2D eigenvalue weighted by molar-refractivity contribution is 5.20.